The smallest absolute Gasteiger partial charge is 0.311 e. The highest BCUT2D eigenvalue weighted by molar-refractivity contribution is 7.98. The summed E-state index contributed by atoms with van der Waals surface area (Å²) in [5.74, 6) is -0.168. The summed E-state index contributed by atoms with van der Waals surface area (Å²) in [5, 5.41) is 5.14. The zero-order valence-electron chi connectivity index (χ0n) is 19.5. The molecule has 0 spiro atoms. The predicted molar refractivity (Wildman–Crippen MR) is 130 cm³/mol. The van der Waals surface area contributed by atoms with E-state index in [1.54, 1.807) is 11.8 Å². The van der Waals surface area contributed by atoms with Crippen molar-refractivity contribution in [2.45, 2.75) is 59.9 Å². The minimum atomic E-state index is -0.468. The Labute approximate surface area is 191 Å². The number of aryl methyl sites for hydroxylation is 1. The first-order valence-electron chi connectivity index (χ1n) is 10.4. The molecule has 2 aromatic heterocycles. The second-order valence-corrected chi connectivity index (χ2v) is 8.91. The molecule has 0 aliphatic carbocycles. The van der Waals surface area contributed by atoms with Gasteiger partial charge in [0.2, 0.25) is 0 Å². The van der Waals surface area contributed by atoms with Crippen molar-refractivity contribution in [2.75, 3.05) is 33.5 Å². The van der Waals surface area contributed by atoms with E-state index in [-0.39, 0.29) is 13.4 Å². The van der Waals surface area contributed by atoms with Gasteiger partial charge in [0.15, 0.2) is 5.65 Å². The maximum absolute atomic E-state index is 11.9. The Kier molecular flexibility index (Phi) is 10.0. The number of hydrazine groups is 1. The summed E-state index contributed by atoms with van der Waals surface area (Å²) < 4.78 is 7.51. The van der Waals surface area contributed by atoms with E-state index in [2.05, 4.69) is 38.8 Å². The largest absolute Gasteiger partial charge is 0.465 e. The summed E-state index contributed by atoms with van der Waals surface area (Å²) in [4.78, 5) is 21.3. The van der Waals surface area contributed by atoms with Gasteiger partial charge in [-0.25, -0.2) is 15.0 Å². The van der Waals surface area contributed by atoms with Crippen molar-refractivity contribution in [3.63, 3.8) is 0 Å². The molecule has 31 heavy (non-hydrogen) atoms. The van der Waals surface area contributed by atoms with Gasteiger partial charge >= 0.3 is 5.97 Å². The number of imidazole rings is 1. The van der Waals surface area contributed by atoms with Crippen molar-refractivity contribution in [2.24, 2.45) is 5.41 Å². The minimum absolute atomic E-state index is 0. The van der Waals surface area contributed by atoms with Gasteiger partial charge in [-0.2, -0.15) is 0 Å². The summed E-state index contributed by atoms with van der Waals surface area (Å²) in [6.07, 6.45) is 9.62. The number of carbonyl (C=O) groups excluding carboxylic acids is 1. The van der Waals surface area contributed by atoms with E-state index in [0.29, 0.717) is 6.61 Å². The van der Waals surface area contributed by atoms with Gasteiger partial charge < -0.3 is 9.75 Å². The molecule has 0 unspecified atom stereocenters. The van der Waals surface area contributed by atoms with E-state index in [1.165, 1.54) is 5.57 Å². The van der Waals surface area contributed by atoms with Gasteiger partial charge in [0.25, 0.3) is 0 Å². The molecule has 0 amide bonds. The topological polar surface area (TPSA) is 63.0 Å². The molecule has 0 radical (unpaired) electrons. The van der Waals surface area contributed by atoms with Gasteiger partial charge in [-0.1, -0.05) is 21.3 Å². The molecule has 1 aliphatic rings. The minimum Gasteiger partial charge on any atom is -0.465 e. The molecule has 0 bridgehead atoms. The number of ether oxygens (including phenoxy) is 1. The monoisotopic (exact) mass is 449 g/mol. The molecular weight excluding hydrogens is 410 g/mol. The van der Waals surface area contributed by atoms with Crippen LogP contribution in [-0.2, 0) is 16.0 Å². The molecule has 3 rings (SSSR count). The number of likely N-dealkylation sites (N-methyl/N-ethyl adjacent to an activating group) is 1. The summed E-state index contributed by atoms with van der Waals surface area (Å²) in [6.45, 7) is 10.8. The maximum Gasteiger partial charge on any atom is 0.311 e. The van der Waals surface area contributed by atoms with E-state index >= 15 is 0 Å². The van der Waals surface area contributed by atoms with Crippen LogP contribution in [0, 0.1) is 5.41 Å². The fraction of sp³-hybridized carbons (Fsp3) is 0.609. The zero-order valence-corrected chi connectivity index (χ0v) is 20.3. The van der Waals surface area contributed by atoms with Crippen LogP contribution in [-0.4, -0.2) is 63.9 Å². The molecule has 2 aromatic rings. The lowest BCUT2D eigenvalue weighted by Crippen LogP contribution is -2.27. The molecule has 0 atom stereocenters. The Morgan fingerprint density at radius 3 is 2.48 bits per heavy atom. The first-order chi connectivity index (χ1) is 14.2. The molecule has 174 valence electrons. The van der Waals surface area contributed by atoms with Gasteiger partial charge in [-0.3, -0.25) is 9.20 Å². The summed E-state index contributed by atoms with van der Waals surface area (Å²) >= 11 is 1.60. The number of rotatable bonds is 6. The van der Waals surface area contributed by atoms with E-state index in [4.69, 9.17) is 9.72 Å². The molecule has 8 heteroatoms. The number of hydrogen-bond donors (Lipinski definition) is 0. The Morgan fingerprint density at radius 1 is 1.26 bits per heavy atom. The van der Waals surface area contributed by atoms with Gasteiger partial charge in [-0.05, 0) is 39.9 Å². The summed E-state index contributed by atoms with van der Waals surface area (Å²) in [7, 11) is 4.10. The molecule has 1 aliphatic heterocycles. The molecule has 0 fully saturated rings. The average Bonchev–Trinajstić information content (AvgIpc) is 3.28. The third-order valence-corrected chi connectivity index (χ3v) is 5.40. The molecule has 3 heterocycles. The van der Waals surface area contributed by atoms with Crippen LogP contribution >= 0.6 is 11.8 Å². The normalized spacial score (nSPS) is 14.1. The predicted octanol–water partition coefficient (Wildman–Crippen LogP) is 4.77. The Balaban J connectivity index is 0.00000156. The van der Waals surface area contributed by atoms with Crippen molar-refractivity contribution < 1.29 is 9.53 Å². The molecule has 7 nitrogen and oxygen atoms in total. The Hall–Kier alpha value is -2.06. The van der Waals surface area contributed by atoms with Crippen LogP contribution in [0.1, 0.15) is 59.9 Å². The quantitative estimate of drug-likeness (QED) is 0.358. The lowest BCUT2D eigenvalue weighted by molar-refractivity contribution is -0.153. The first-order valence-corrected chi connectivity index (χ1v) is 11.7. The van der Waals surface area contributed by atoms with Gasteiger partial charge in [0.05, 0.1) is 29.6 Å². The van der Waals surface area contributed by atoms with Crippen molar-refractivity contribution in [3.05, 3.63) is 30.0 Å². The van der Waals surface area contributed by atoms with E-state index in [1.807, 2.05) is 54.1 Å². The Morgan fingerprint density at radius 2 is 1.94 bits per heavy atom. The van der Waals surface area contributed by atoms with Crippen LogP contribution in [0.15, 0.2) is 23.6 Å². The van der Waals surface area contributed by atoms with Gasteiger partial charge in [0, 0.05) is 38.6 Å². The second-order valence-electron chi connectivity index (χ2n) is 8.11. The van der Waals surface area contributed by atoms with Crippen LogP contribution in [0.25, 0.3) is 11.2 Å². The highest BCUT2D eigenvalue weighted by Crippen LogP contribution is 2.27. The average molecular weight is 450 g/mol. The van der Waals surface area contributed by atoms with E-state index in [0.717, 1.165) is 41.4 Å². The molecule has 0 aromatic carbocycles. The molecule has 0 saturated carbocycles. The first kappa shape index (κ1) is 27.0. The SMILES string of the molecule is C.CC.CSc1nc(CCCOC(=O)C(C)(C)C)cn2c(C3=CN(C)N(C)C3)cnc12. The van der Waals surface area contributed by atoms with Crippen molar-refractivity contribution in [1.29, 1.82) is 0 Å². The van der Waals surface area contributed by atoms with Crippen molar-refractivity contribution in [3.8, 4) is 0 Å². The van der Waals surface area contributed by atoms with Crippen molar-refractivity contribution >= 4 is 29.0 Å². The fourth-order valence-electron chi connectivity index (χ4n) is 3.01. The number of thioether (sulfide) groups is 1. The van der Waals surface area contributed by atoms with Gasteiger partial charge in [0.1, 0.15) is 5.03 Å². The van der Waals surface area contributed by atoms with E-state index in [9.17, 15) is 4.79 Å². The lowest BCUT2D eigenvalue weighted by atomic mass is 9.97. The third-order valence-electron chi connectivity index (χ3n) is 4.74. The Bertz CT molecular complexity index is 901. The van der Waals surface area contributed by atoms with Crippen LogP contribution in [0.2, 0.25) is 0 Å². The van der Waals surface area contributed by atoms with Crippen LogP contribution in [0.3, 0.4) is 0 Å². The second kappa shape index (κ2) is 11.5. The fourth-order valence-corrected chi connectivity index (χ4v) is 3.55. The van der Waals surface area contributed by atoms with Crippen molar-refractivity contribution in [1.82, 2.24) is 24.4 Å². The number of hydrogen-bond acceptors (Lipinski definition) is 7. The standard InChI is InChI=1S/C20H29N5O2S.C2H6.CH4/c1-20(2,3)19(26)27-9-7-8-15-13-25-16(14-11-23(4)24(5)12-14)10-21-17(25)18(22-15)28-6;1-2;/h10-11,13H,7-9,12H2,1-6H3;1-2H3;1H4. The number of aromatic nitrogens is 3. The van der Waals surface area contributed by atoms with E-state index < -0.39 is 5.41 Å². The van der Waals surface area contributed by atoms with Crippen LogP contribution < -0.4 is 0 Å². The number of carbonyl (C=O) groups is 1. The van der Waals surface area contributed by atoms with Gasteiger partial charge in [-0.15, -0.1) is 11.8 Å². The molecule has 0 saturated heterocycles. The number of esters is 1. The molecular formula is C23H39N5O2S. The highest BCUT2D eigenvalue weighted by atomic mass is 32.2. The van der Waals surface area contributed by atoms with Crippen LogP contribution in [0.5, 0.6) is 0 Å². The third kappa shape index (κ3) is 6.46. The summed E-state index contributed by atoms with van der Waals surface area (Å²) in [6, 6.07) is 0. The molecule has 0 N–H and O–H groups in total. The van der Waals surface area contributed by atoms with Crippen LogP contribution in [0.4, 0.5) is 0 Å². The number of fused-ring (bicyclic) bond motifs is 1. The maximum atomic E-state index is 11.9. The zero-order chi connectivity index (χ0) is 22.5. The number of nitrogens with zero attached hydrogens (tertiary/aromatic N) is 5. The summed E-state index contributed by atoms with van der Waals surface area (Å²) in [5.41, 5.74) is 3.70. The highest BCUT2D eigenvalue weighted by Gasteiger charge is 2.23. The lowest BCUT2D eigenvalue weighted by Gasteiger charge is -2.18.